The van der Waals surface area contributed by atoms with Crippen LogP contribution in [-0.2, 0) is 4.43 Å². The van der Waals surface area contributed by atoms with E-state index in [-0.39, 0.29) is 16.5 Å². The molecule has 0 atom stereocenters. The third-order valence-electron chi connectivity index (χ3n) is 2.75. The average Bonchev–Trinajstić information content (AvgIpc) is 1.95. The van der Waals surface area contributed by atoms with Gasteiger partial charge < -0.3 is 4.43 Å². The molecule has 5 heteroatoms. The molecule has 0 rings (SSSR count). The minimum Gasteiger partial charge on any atom is -0.417 e. The van der Waals surface area contributed by atoms with Gasteiger partial charge in [-0.25, -0.2) is 0 Å². The molecular formula is C9H21NO3Si. The van der Waals surface area contributed by atoms with Gasteiger partial charge in [0.05, 0.1) is 0 Å². The van der Waals surface area contributed by atoms with Crippen molar-refractivity contribution < 1.29 is 9.35 Å². The number of hydrogen-bond acceptors (Lipinski definition) is 3. The molecule has 0 aliphatic heterocycles. The van der Waals surface area contributed by atoms with Crippen molar-refractivity contribution in [2.24, 2.45) is 0 Å². The maximum Gasteiger partial charge on any atom is 0.206 e. The standard InChI is InChI=1S/C9H21NO3Si/c1-9(2,3)14(4,5)13-8-6-7-10(11)12/h6-8H2,1-5H3. The lowest BCUT2D eigenvalue weighted by molar-refractivity contribution is -0.480. The number of nitrogens with zero attached hydrogens (tertiary/aromatic N) is 1. The first-order chi connectivity index (χ1) is 6.17. The van der Waals surface area contributed by atoms with Crippen molar-refractivity contribution in [3.63, 3.8) is 0 Å². The third-order valence-corrected chi connectivity index (χ3v) is 7.29. The molecule has 0 bridgehead atoms. The molecule has 0 aromatic carbocycles. The smallest absolute Gasteiger partial charge is 0.206 e. The molecular weight excluding hydrogens is 198 g/mol. The summed E-state index contributed by atoms with van der Waals surface area (Å²) in [6.07, 6.45) is 0.513. The van der Waals surface area contributed by atoms with E-state index in [4.69, 9.17) is 4.43 Å². The monoisotopic (exact) mass is 219 g/mol. The maximum absolute atomic E-state index is 10.1. The topological polar surface area (TPSA) is 52.4 Å². The second-order valence-electron chi connectivity index (χ2n) is 5.02. The highest BCUT2D eigenvalue weighted by Crippen LogP contribution is 2.36. The van der Waals surface area contributed by atoms with Gasteiger partial charge in [-0.05, 0) is 18.1 Å². The number of nitro groups is 1. The summed E-state index contributed by atoms with van der Waals surface area (Å²) in [5.41, 5.74) is 0. The maximum atomic E-state index is 10.1. The van der Waals surface area contributed by atoms with Crippen LogP contribution >= 0.6 is 0 Å². The van der Waals surface area contributed by atoms with E-state index in [1.807, 2.05) is 0 Å². The Labute approximate surface area is 86.9 Å². The minimum absolute atomic E-state index is 0.00855. The van der Waals surface area contributed by atoms with Crippen LogP contribution < -0.4 is 0 Å². The van der Waals surface area contributed by atoms with Crippen molar-refractivity contribution in [1.82, 2.24) is 0 Å². The van der Waals surface area contributed by atoms with Gasteiger partial charge in [0.25, 0.3) is 0 Å². The predicted molar refractivity (Wildman–Crippen MR) is 59.6 cm³/mol. The van der Waals surface area contributed by atoms with Crippen LogP contribution in [0.15, 0.2) is 0 Å². The molecule has 0 aromatic heterocycles. The molecule has 0 fully saturated rings. The molecule has 0 aromatic rings. The molecule has 0 unspecified atom stereocenters. The summed E-state index contributed by atoms with van der Waals surface area (Å²) in [7, 11) is -1.70. The zero-order chi connectivity index (χ0) is 11.4. The van der Waals surface area contributed by atoms with Crippen molar-refractivity contribution in [2.75, 3.05) is 13.2 Å². The van der Waals surface area contributed by atoms with Crippen molar-refractivity contribution in [1.29, 1.82) is 0 Å². The Bertz CT molecular complexity index is 199. The molecule has 0 amide bonds. The Hall–Kier alpha value is -0.423. The first-order valence-electron chi connectivity index (χ1n) is 4.92. The van der Waals surface area contributed by atoms with Crippen molar-refractivity contribution >= 4 is 8.32 Å². The lowest BCUT2D eigenvalue weighted by Crippen LogP contribution is -2.41. The van der Waals surface area contributed by atoms with Gasteiger partial charge in [0.1, 0.15) is 0 Å². The van der Waals surface area contributed by atoms with Crippen LogP contribution in [0, 0.1) is 10.1 Å². The van der Waals surface area contributed by atoms with Crippen LogP contribution in [0.5, 0.6) is 0 Å². The molecule has 0 N–H and O–H groups in total. The summed E-state index contributed by atoms with van der Waals surface area (Å²) in [5.74, 6) is 0. The Balaban J connectivity index is 3.83. The molecule has 4 nitrogen and oxygen atoms in total. The highest BCUT2D eigenvalue weighted by molar-refractivity contribution is 6.74. The van der Waals surface area contributed by atoms with Crippen molar-refractivity contribution in [3.8, 4) is 0 Å². The van der Waals surface area contributed by atoms with E-state index >= 15 is 0 Å². The average molecular weight is 219 g/mol. The largest absolute Gasteiger partial charge is 0.417 e. The minimum atomic E-state index is -1.70. The van der Waals surface area contributed by atoms with E-state index in [2.05, 4.69) is 33.9 Å². The van der Waals surface area contributed by atoms with Gasteiger partial charge in [-0.1, -0.05) is 20.8 Å². The van der Waals surface area contributed by atoms with Crippen LogP contribution in [0.3, 0.4) is 0 Å². The summed E-state index contributed by atoms with van der Waals surface area (Å²) in [6, 6.07) is 0. The summed E-state index contributed by atoms with van der Waals surface area (Å²) in [4.78, 5) is 9.79. The second-order valence-corrected chi connectivity index (χ2v) is 9.83. The molecule has 84 valence electrons. The molecule has 0 saturated heterocycles. The van der Waals surface area contributed by atoms with Crippen LogP contribution in [0.4, 0.5) is 0 Å². The van der Waals surface area contributed by atoms with Crippen LogP contribution in [0.25, 0.3) is 0 Å². The first-order valence-corrected chi connectivity index (χ1v) is 7.83. The van der Waals surface area contributed by atoms with E-state index in [1.54, 1.807) is 0 Å². The lowest BCUT2D eigenvalue weighted by Gasteiger charge is -2.36. The van der Waals surface area contributed by atoms with E-state index in [0.717, 1.165) is 0 Å². The number of rotatable bonds is 5. The second kappa shape index (κ2) is 4.88. The van der Waals surface area contributed by atoms with Crippen LogP contribution in [-0.4, -0.2) is 26.4 Å². The first kappa shape index (κ1) is 13.6. The third kappa shape index (κ3) is 4.71. The summed E-state index contributed by atoms with van der Waals surface area (Å²) in [6.45, 7) is 11.3. The zero-order valence-electron chi connectivity index (χ0n) is 9.79. The van der Waals surface area contributed by atoms with Gasteiger partial charge in [-0.2, -0.15) is 0 Å². The van der Waals surface area contributed by atoms with Gasteiger partial charge in [0, 0.05) is 18.0 Å². The lowest BCUT2D eigenvalue weighted by atomic mass is 10.2. The molecule has 0 aliphatic carbocycles. The Morgan fingerprint density at radius 3 is 2.21 bits per heavy atom. The Morgan fingerprint density at radius 1 is 1.36 bits per heavy atom. The SMILES string of the molecule is CC(C)(C)[Si](C)(C)OCCC[N+](=O)[O-]. The predicted octanol–water partition coefficient (Wildman–Crippen LogP) is 2.68. The molecule has 0 saturated carbocycles. The molecule has 14 heavy (non-hydrogen) atoms. The van der Waals surface area contributed by atoms with Gasteiger partial charge in [-0.3, -0.25) is 10.1 Å². The summed E-state index contributed by atoms with van der Waals surface area (Å²) in [5, 5.41) is 10.3. The molecule has 0 aliphatic rings. The quantitative estimate of drug-likeness (QED) is 0.309. The Morgan fingerprint density at radius 2 is 1.86 bits per heavy atom. The normalized spacial score (nSPS) is 12.9. The molecule has 0 radical (unpaired) electrons. The van der Waals surface area contributed by atoms with Gasteiger partial charge >= 0.3 is 0 Å². The highest BCUT2D eigenvalue weighted by Gasteiger charge is 2.36. The van der Waals surface area contributed by atoms with Crippen LogP contribution in [0.2, 0.25) is 18.1 Å². The van der Waals surface area contributed by atoms with Gasteiger partial charge in [0.2, 0.25) is 6.54 Å². The van der Waals surface area contributed by atoms with E-state index in [0.29, 0.717) is 13.0 Å². The summed E-state index contributed by atoms with van der Waals surface area (Å²) >= 11 is 0. The van der Waals surface area contributed by atoms with Crippen molar-refractivity contribution in [2.45, 2.75) is 45.3 Å². The molecule has 0 heterocycles. The fraction of sp³-hybridized carbons (Fsp3) is 1.00. The fourth-order valence-corrected chi connectivity index (χ4v) is 1.83. The van der Waals surface area contributed by atoms with E-state index < -0.39 is 8.32 Å². The Kier molecular flexibility index (Phi) is 4.74. The van der Waals surface area contributed by atoms with Crippen LogP contribution in [0.1, 0.15) is 27.2 Å². The zero-order valence-corrected chi connectivity index (χ0v) is 10.8. The number of hydrogen-bond donors (Lipinski definition) is 0. The highest BCUT2D eigenvalue weighted by atomic mass is 28.4. The van der Waals surface area contributed by atoms with E-state index in [9.17, 15) is 10.1 Å². The summed E-state index contributed by atoms with van der Waals surface area (Å²) < 4.78 is 5.78. The fourth-order valence-electron chi connectivity index (χ4n) is 0.737. The van der Waals surface area contributed by atoms with E-state index in [1.165, 1.54) is 0 Å². The van der Waals surface area contributed by atoms with Crippen molar-refractivity contribution in [3.05, 3.63) is 10.1 Å². The molecule has 0 spiro atoms. The van der Waals surface area contributed by atoms with Gasteiger partial charge in [-0.15, -0.1) is 0 Å². The van der Waals surface area contributed by atoms with Gasteiger partial charge in [0.15, 0.2) is 8.32 Å².